The van der Waals surface area contributed by atoms with E-state index in [2.05, 4.69) is 6.07 Å². The quantitative estimate of drug-likeness (QED) is 0.796. The summed E-state index contributed by atoms with van der Waals surface area (Å²) in [7, 11) is 0. The maximum absolute atomic E-state index is 13.4. The molecule has 0 saturated carbocycles. The molecule has 1 aliphatic carbocycles. The van der Waals surface area contributed by atoms with Gasteiger partial charge in [-0.05, 0) is 68.2 Å². The number of hydrogen-bond donors (Lipinski definition) is 0. The third kappa shape index (κ3) is 1.81. The van der Waals surface area contributed by atoms with Gasteiger partial charge in [0, 0.05) is 36.1 Å². The number of hydrogen-bond acceptors (Lipinski definition) is 2. The van der Waals surface area contributed by atoms with Crippen LogP contribution in [0.5, 0.6) is 0 Å². The highest BCUT2D eigenvalue weighted by molar-refractivity contribution is 5.97. The van der Waals surface area contributed by atoms with Crippen LogP contribution >= 0.6 is 0 Å². The number of benzene rings is 1. The fourth-order valence-corrected chi connectivity index (χ4v) is 4.59. The van der Waals surface area contributed by atoms with Gasteiger partial charge >= 0.3 is 0 Å². The minimum Gasteiger partial charge on any atom is -0.333 e. The number of aryl methyl sites for hydroxylation is 1. The van der Waals surface area contributed by atoms with Gasteiger partial charge in [0.1, 0.15) is 0 Å². The molecule has 3 fully saturated rings. The lowest BCUT2D eigenvalue weighted by atomic mass is 9.75. The van der Waals surface area contributed by atoms with Crippen LogP contribution < -0.4 is 0 Å². The van der Waals surface area contributed by atoms with Crippen molar-refractivity contribution in [2.45, 2.75) is 44.0 Å². The molecule has 1 amide bonds. The predicted octanol–water partition coefficient (Wildman–Crippen LogP) is 2.66. The van der Waals surface area contributed by atoms with Crippen LogP contribution in [0.25, 0.3) is 0 Å². The first-order valence-electron chi connectivity index (χ1n) is 10.9. The number of amides is 1. The van der Waals surface area contributed by atoms with Crippen molar-refractivity contribution in [1.29, 1.82) is 0 Å². The monoisotopic (exact) mass is 301 g/mol. The van der Waals surface area contributed by atoms with E-state index in [1.807, 2.05) is 12.1 Å². The van der Waals surface area contributed by atoms with E-state index in [1.165, 1.54) is 10.5 Å². The third-order valence-corrected chi connectivity index (χ3v) is 5.67. The summed E-state index contributed by atoms with van der Waals surface area (Å²) in [5, 5.41) is 0. The van der Waals surface area contributed by atoms with E-state index < -0.39 is 24.8 Å². The van der Waals surface area contributed by atoms with Gasteiger partial charge in [0.25, 0.3) is 5.91 Å². The maximum atomic E-state index is 13.4. The zero-order valence-corrected chi connectivity index (χ0v) is 12.6. The summed E-state index contributed by atoms with van der Waals surface area (Å²) >= 11 is 0. The van der Waals surface area contributed by atoms with Crippen LogP contribution in [0.1, 0.15) is 59.9 Å². The molecule has 0 N–H and O–H groups in total. The number of carbonyl (C=O) groups excluding carboxylic acids is 1. The zero-order valence-electron chi connectivity index (χ0n) is 17.6. The SMILES string of the molecule is [2H]C1([2H])[C@@H]2CCN(C[C@@]2([2H])N2C[C@H]3CCCc4cccc(c43)C2=O)C1([2H])[2H]. The standard InChI is InChI=1S/C19H24N2O/c22-19-16-6-2-4-14-3-1-5-15(18(14)16)11-21(19)17-12-20-9-7-13(17)8-10-20/h2,4,6,13,15,17H,1,3,5,7-12H2/t15-,17-/m1/s1/i7D2,9D2,17D/t13-,15-,17-. The molecule has 2 bridgehead atoms. The van der Waals surface area contributed by atoms with Gasteiger partial charge in [0.2, 0.25) is 0 Å². The summed E-state index contributed by atoms with van der Waals surface area (Å²) in [4.78, 5) is 16.4. The van der Waals surface area contributed by atoms with Gasteiger partial charge in [-0.25, -0.2) is 0 Å². The van der Waals surface area contributed by atoms with Crippen LogP contribution in [0.3, 0.4) is 0 Å². The minimum atomic E-state index is -2.17. The fourth-order valence-electron chi connectivity index (χ4n) is 4.59. The van der Waals surface area contributed by atoms with Crippen molar-refractivity contribution in [3.63, 3.8) is 0 Å². The molecule has 22 heavy (non-hydrogen) atoms. The lowest BCUT2D eigenvalue weighted by Crippen LogP contribution is -2.60. The van der Waals surface area contributed by atoms with Crippen LogP contribution in [0.4, 0.5) is 0 Å². The molecule has 3 saturated heterocycles. The van der Waals surface area contributed by atoms with Crippen LogP contribution in [-0.4, -0.2) is 47.9 Å². The Bertz CT molecular complexity index is 828. The molecule has 0 spiro atoms. The maximum Gasteiger partial charge on any atom is 0.254 e. The summed E-state index contributed by atoms with van der Waals surface area (Å²) in [5.41, 5.74) is 3.03. The average molecular weight is 301 g/mol. The Kier molecular flexibility index (Phi) is 1.99. The molecular formula is C19H24N2O. The van der Waals surface area contributed by atoms with Crippen molar-refractivity contribution in [2.24, 2.45) is 5.92 Å². The van der Waals surface area contributed by atoms with E-state index >= 15 is 0 Å². The normalized spacial score (nSPS) is 47.6. The Morgan fingerprint density at radius 2 is 2.23 bits per heavy atom. The van der Waals surface area contributed by atoms with Gasteiger partial charge in [-0.2, -0.15) is 0 Å². The predicted molar refractivity (Wildman–Crippen MR) is 86.1 cm³/mol. The number of fused-ring (bicyclic) bond motifs is 3. The average Bonchev–Trinajstić information content (AvgIpc) is 2.62. The summed E-state index contributed by atoms with van der Waals surface area (Å²) in [6.45, 7) is -1.16. The molecule has 116 valence electrons. The molecule has 1 aromatic rings. The lowest BCUT2D eigenvalue weighted by molar-refractivity contribution is 0.00258. The molecule has 1 unspecified atom stereocenters. The van der Waals surface area contributed by atoms with Gasteiger partial charge in [0.05, 0.1) is 1.37 Å². The first-order chi connectivity index (χ1) is 12.7. The molecular weight excluding hydrogens is 272 g/mol. The van der Waals surface area contributed by atoms with Crippen LogP contribution in [0.15, 0.2) is 18.2 Å². The first-order valence-corrected chi connectivity index (χ1v) is 8.37. The Balaban J connectivity index is 1.59. The molecule has 4 aliphatic heterocycles. The van der Waals surface area contributed by atoms with Gasteiger partial charge in [0.15, 0.2) is 0 Å². The molecule has 5 aliphatic rings. The first kappa shape index (κ1) is 9.07. The van der Waals surface area contributed by atoms with Gasteiger partial charge in [-0.3, -0.25) is 4.79 Å². The summed E-state index contributed by atoms with van der Waals surface area (Å²) in [6.07, 6.45) is 1.26. The Morgan fingerprint density at radius 3 is 3.14 bits per heavy atom. The smallest absolute Gasteiger partial charge is 0.254 e. The Labute approximate surface area is 139 Å². The second-order valence-corrected chi connectivity index (χ2v) is 6.89. The largest absolute Gasteiger partial charge is 0.333 e. The second-order valence-electron chi connectivity index (χ2n) is 6.89. The van der Waals surface area contributed by atoms with E-state index in [9.17, 15) is 6.17 Å². The summed E-state index contributed by atoms with van der Waals surface area (Å²) in [5.74, 6) is -0.824. The molecule has 0 aromatic heterocycles. The topological polar surface area (TPSA) is 23.6 Å². The van der Waals surface area contributed by atoms with Crippen molar-refractivity contribution in [2.75, 3.05) is 26.1 Å². The fraction of sp³-hybridized carbons (Fsp3) is 0.632. The molecule has 6 rings (SSSR count). The van der Waals surface area contributed by atoms with Gasteiger partial charge in [-0.15, -0.1) is 0 Å². The van der Waals surface area contributed by atoms with E-state index in [0.29, 0.717) is 25.1 Å². The summed E-state index contributed by atoms with van der Waals surface area (Å²) in [6, 6.07) is 4.40. The van der Waals surface area contributed by atoms with Crippen LogP contribution in [0.2, 0.25) is 0 Å². The third-order valence-electron chi connectivity index (χ3n) is 5.67. The molecule has 4 atom stereocenters. The minimum absolute atomic E-state index is 0.0671. The Hall–Kier alpha value is -1.35. The van der Waals surface area contributed by atoms with Crippen LogP contribution in [0, 0.1) is 5.92 Å². The number of carbonyl (C=O) groups is 1. The Morgan fingerprint density at radius 1 is 1.27 bits per heavy atom. The molecule has 3 heteroatoms. The molecule has 4 heterocycles. The van der Waals surface area contributed by atoms with E-state index in [1.54, 1.807) is 4.90 Å². The van der Waals surface area contributed by atoms with Crippen molar-refractivity contribution in [3.8, 4) is 0 Å². The number of piperidine rings is 3. The van der Waals surface area contributed by atoms with Gasteiger partial charge in [-0.1, -0.05) is 12.1 Å². The zero-order chi connectivity index (χ0) is 19.2. The molecule has 3 nitrogen and oxygen atoms in total. The summed E-state index contributed by atoms with van der Waals surface area (Å²) < 4.78 is 42.5. The van der Waals surface area contributed by atoms with E-state index in [4.69, 9.17) is 5.48 Å². The highest BCUT2D eigenvalue weighted by Gasteiger charge is 2.43. The van der Waals surface area contributed by atoms with E-state index in [-0.39, 0.29) is 18.4 Å². The lowest BCUT2D eigenvalue weighted by Gasteiger charge is -2.51. The highest BCUT2D eigenvalue weighted by Crippen LogP contribution is 2.41. The number of rotatable bonds is 1. The van der Waals surface area contributed by atoms with Crippen molar-refractivity contribution >= 4 is 5.91 Å². The van der Waals surface area contributed by atoms with Crippen molar-refractivity contribution in [1.82, 2.24) is 9.80 Å². The second kappa shape index (κ2) is 4.82. The molecule has 1 aromatic carbocycles. The van der Waals surface area contributed by atoms with E-state index in [0.717, 1.165) is 24.8 Å². The van der Waals surface area contributed by atoms with Crippen molar-refractivity contribution < 1.29 is 11.6 Å². The molecule has 0 radical (unpaired) electrons. The van der Waals surface area contributed by atoms with Gasteiger partial charge < -0.3 is 9.80 Å². The van der Waals surface area contributed by atoms with Crippen molar-refractivity contribution in [3.05, 3.63) is 34.9 Å². The highest BCUT2D eigenvalue weighted by atomic mass is 16.2. The number of nitrogens with zero attached hydrogens (tertiary/aromatic N) is 2. The van der Waals surface area contributed by atoms with Crippen LogP contribution in [-0.2, 0) is 6.42 Å².